The van der Waals surface area contributed by atoms with Crippen LogP contribution in [0.4, 0.5) is 5.69 Å². The van der Waals surface area contributed by atoms with E-state index >= 15 is 0 Å². The van der Waals surface area contributed by atoms with Gasteiger partial charge in [-0.05, 0) is 49.3 Å². The van der Waals surface area contributed by atoms with Gasteiger partial charge in [0, 0.05) is 37.5 Å². The van der Waals surface area contributed by atoms with E-state index in [9.17, 15) is 4.79 Å². The summed E-state index contributed by atoms with van der Waals surface area (Å²) in [6.07, 6.45) is 1.74. The summed E-state index contributed by atoms with van der Waals surface area (Å²) >= 11 is 1.89. The van der Waals surface area contributed by atoms with E-state index in [0.717, 1.165) is 31.8 Å². The van der Waals surface area contributed by atoms with Crippen molar-refractivity contribution in [1.29, 1.82) is 0 Å². The normalized spacial score (nSPS) is 18.8. The van der Waals surface area contributed by atoms with E-state index in [1.807, 2.05) is 11.8 Å². The topological polar surface area (TPSA) is 23.6 Å². The number of anilines is 1. The molecule has 2 rings (SSSR count). The molecule has 1 aromatic carbocycles. The smallest absolute Gasteiger partial charge is 0.224 e. The third-order valence-electron chi connectivity index (χ3n) is 5.00. The number of hydrogen-bond donors (Lipinski definition) is 0. The van der Waals surface area contributed by atoms with E-state index in [4.69, 9.17) is 0 Å². The second-order valence-electron chi connectivity index (χ2n) is 8.65. The lowest BCUT2D eigenvalue weighted by Gasteiger charge is -2.28. The molecule has 0 radical (unpaired) electrons. The Hall–Kier alpha value is -1.16. The Morgan fingerprint density at radius 3 is 2.38 bits per heavy atom. The van der Waals surface area contributed by atoms with Crippen molar-refractivity contribution in [3.63, 3.8) is 0 Å². The van der Waals surface area contributed by atoms with Gasteiger partial charge >= 0.3 is 0 Å². The molecule has 0 spiro atoms. The molecule has 1 aliphatic rings. The second-order valence-corrected chi connectivity index (χ2v) is 9.84. The number of rotatable bonds is 7. The van der Waals surface area contributed by atoms with Gasteiger partial charge in [0.2, 0.25) is 5.91 Å². The molecule has 0 unspecified atom stereocenters. The fourth-order valence-electron chi connectivity index (χ4n) is 3.97. The number of carbonyl (C=O) groups excluding carboxylic acids is 1. The van der Waals surface area contributed by atoms with Crippen LogP contribution >= 0.6 is 11.8 Å². The standard InChI is InChI=1S/C22H36N2OS/c1-7-23(8-2)19-11-9-18(10-12-19)21-24(13-14-26-21)20(25)15-17(3)16-22(4,5)6/h9-12,17,21H,7-8,13-16H2,1-6H3/t17-,21-/m1/s1. The van der Waals surface area contributed by atoms with E-state index < -0.39 is 0 Å². The Bertz CT molecular complexity index is 575. The van der Waals surface area contributed by atoms with Crippen LogP contribution in [-0.4, -0.2) is 36.2 Å². The van der Waals surface area contributed by atoms with Gasteiger partial charge in [-0.15, -0.1) is 11.8 Å². The average Bonchev–Trinajstić information content (AvgIpc) is 3.04. The fourth-order valence-corrected chi connectivity index (χ4v) is 5.25. The summed E-state index contributed by atoms with van der Waals surface area (Å²) in [4.78, 5) is 17.3. The zero-order valence-corrected chi connectivity index (χ0v) is 18.2. The Kier molecular flexibility index (Phi) is 7.45. The first-order valence-corrected chi connectivity index (χ1v) is 11.1. The van der Waals surface area contributed by atoms with Crippen molar-refractivity contribution in [2.75, 3.05) is 30.3 Å². The highest BCUT2D eigenvalue weighted by molar-refractivity contribution is 7.99. The van der Waals surface area contributed by atoms with Gasteiger partial charge in [0.25, 0.3) is 0 Å². The first kappa shape index (κ1) is 21.1. The van der Waals surface area contributed by atoms with Crippen LogP contribution in [0.15, 0.2) is 24.3 Å². The van der Waals surface area contributed by atoms with Gasteiger partial charge in [-0.1, -0.05) is 39.8 Å². The van der Waals surface area contributed by atoms with Crippen molar-refractivity contribution in [2.24, 2.45) is 11.3 Å². The van der Waals surface area contributed by atoms with Gasteiger partial charge in [-0.3, -0.25) is 4.79 Å². The van der Waals surface area contributed by atoms with E-state index in [0.29, 0.717) is 18.2 Å². The van der Waals surface area contributed by atoms with Crippen molar-refractivity contribution in [1.82, 2.24) is 4.90 Å². The number of nitrogens with zero attached hydrogens (tertiary/aromatic N) is 2. The van der Waals surface area contributed by atoms with Gasteiger partial charge in [-0.2, -0.15) is 0 Å². The largest absolute Gasteiger partial charge is 0.372 e. The van der Waals surface area contributed by atoms with Gasteiger partial charge in [0.05, 0.1) is 0 Å². The number of benzene rings is 1. The molecule has 3 nitrogen and oxygen atoms in total. The molecule has 1 fully saturated rings. The molecule has 0 bridgehead atoms. The first-order valence-electron chi connectivity index (χ1n) is 10.0. The monoisotopic (exact) mass is 376 g/mol. The molecule has 1 saturated heterocycles. The van der Waals surface area contributed by atoms with E-state index in [-0.39, 0.29) is 10.8 Å². The lowest BCUT2D eigenvalue weighted by Crippen LogP contribution is -2.32. The van der Waals surface area contributed by atoms with E-state index in [2.05, 4.69) is 75.6 Å². The Labute approximate surface area is 164 Å². The summed E-state index contributed by atoms with van der Waals surface area (Å²) in [7, 11) is 0. The SMILES string of the molecule is CCN(CC)c1ccc([C@H]2SCCN2C(=O)C[C@@H](C)CC(C)(C)C)cc1. The maximum Gasteiger partial charge on any atom is 0.224 e. The minimum Gasteiger partial charge on any atom is -0.372 e. The molecule has 1 heterocycles. The lowest BCUT2D eigenvalue weighted by atomic mass is 9.84. The summed E-state index contributed by atoms with van der Waals surface area (Å²) in [6.45, 7) is 16.2. The highest BCUT2D eigenvalue weighted by atomic mass is 32.2. The zero-order valence-electron chi connectivity index (χ0n) is 17.4. The molecule has 1 aromatic rings. The van der Waals surface area contributed by atoms with Crippen LogP contribution in [0.2, 0.25) is 0 Å². The van der Waals surface area contributed by atoms with Gasteiger partial charge in [0.1, 0.15) is 5.37 Å². The third-order valence-corrected chi connectivity index (χ3v) is 6.26. The van der Waals surface area contributed by atoms with E-state index in [1.54, 1.807) is 0 Å². The van der Waals surface area contributed by atoms with Crippen LogP contribution in [0.3, 0.4) is 0 Å². The van der Waals surface area contributed by atoms with Crippen LogP contribution in [-0.2, 0) is 4.79 Å². The molecule has 0 aliphatic carbocycles. The number of thioether (sulfide) groups is 1. The molecule has 146 valence electrons. The molecular formula is C22H36N2OS. The Morgan fingerprint density at radius 1 is 1.23 bits per heavy atom. The van der Waals surface area contributed by atoms with E-state index in [1.165, 1.54) is 11.3 Å². The molecule has 4 heteroatoms. The van der Waals surface area contributed by atoms with Crippen molar-refractivity contribution in [3.05, 3.63) is 29.8 Å². The van der Waals surface area contributed by atoms with Gasteiger partial charge < -0.3 is 9.80 Å². The Morgan fingerprint density at radius 2 is 1.85 bits per heavy atom. The zero-order chi connectivity index (χ0) is 19.3. The van der Waals surface area contributed by atoms with Gasteiger partial charge in [0.15, 0.2) is 0 Å². The van der Waals surface area contributed by atoms with Crippen LogP contribution < -0.4 is 4.90 Å². The maximum absolute atomic E-state index is 12.9. The maximum atomic E-state index is 12.9. The lowest BCUT2D eigenvalue weighted by molar-refractivity contribution is -0.132. The molecule has 0 saturated carbocycles. The van der Waals surface area contributed by atoms with Crippen molar-refractivity contribution < 1.29 is 4.79 Å². The van der Waals surface area contributed by atoms with Gasteiger partial charge in [-0.25, -0.2) is 0 Å². The molecule has 26 heavy (non-hydrogen) atoms. The van der Waals surface area contributed by atoms with Crippen LogP contribution in [0.25, 0.3) is 0 Å². The third kappa shape index (κ3) is 5.67. The summed E-state index contributed by atoms with van der Waals surface area (Å²) < 4.78 is 0. The van der Waals surface area contributed by atoms with Crippen LogP contribution in [0.5, 0.6) is 0 Å². The first-order chi connectivity index (χ1) is 12.2. The summed E-state index contributed by atoms with van der Waals surface area (Å²) in [6, 6.07) is 8.81. The predicted molar refractivity (Wildman–Crippen MR) is 115 cm³/mol. The summed E-state index contributed by atoms with van der Waals surface area (Å²) in [5, 5.41) is 0.176. The fraction of sp³-hybridized carbons (Fsp3) is 0.682. The summed E-state index contributed by atoms with van der Waals surface area (Å²) in [5.74, 6) is 1.77. The minimum atomic E-state index is 0.176. The van der Waals surface area contributed by atoms with Crippen molar-refractivity contribution in [2.45, 2.75) is 59.8 Å². The number of carbonyl (C=O) groups is 1. The number of amides is 1. The highest BCUT2D eigenvalue weighted by Gasteiger charge is 2.31. The number of hydrogen-bond acceptors (Lipinski definition) is 3. The predicted octanol–water partition coefficient (Wildman–Crippen LogP) is 5.57. The molecule has 1 aliphatic heterocycles. The quantitative estimate of drug-likeness (QED) is 0.621. The highest BCUT2D eigenvalue weighted by Crippen LogP contribution is 2.39. The second kappa shape index (κ2) is 9.16. The van der Waals surface area contributed by atoms with Crippen molar-refractivity contribution in [3.8, 4) is 0 Å². The van der Waals surface area contributed by atoms with Crippen LogP contribution in [0, 0.1) is 11.3 Å². The minimum absolute atomic E-state index is 0.176. The summed E-state index contributed by atoms with van der Waals surface area (Å²) in [5.41, 5.74) is 2.79. The molecule has 1 amide bonds. The molecular weight excluding hydrogens is 340 g/mol. The average molecular weight is 377 g/mol. The molecule has 2 atom stereocenters. The molecule has 0 N–H and O–H groups in total. The van der Waals surface area contributed by atoms with Crippen LogP contribution in [0.1, 0.15) is 65.3 Å². The van der Waals surface area contributed by atoms with Crippen molar-refractivity contribution >= 4 is 23.4 Å². The molecule has 0 aromatic heterocycles. The Balaban J connectivity index is 2.04.